The fourth-order valence-corrected chi connectivity index (χ4v) is 12.8. The Morgan fingerprint density at radius 2 is 1.51 bits per heavy atom. The third kappa shape index (κ3) is 9.22. The number of thiazole rings is 1. The van der Waals surface area contributed by atoms with Crippen molar-refractivity contribution < 1.29 is 52.3 Å². The molecule has 7 heterocycles. The van der Waals surface area contributed by atoms with E-state index in [1.165, 1.54) is 52.4 Å². The molecular formula is C48H55N8O10S2+3. The molecular weight excluding hydrogens is 913 g/mol. The molecule has 5 aliphatic heterocycles. The van der Waals surface area contributed by atoms with Crippen LogP contribution in [-0.2, 0) is 45.4 Å². The lowest BCUT2D eigenvalue weighted by Crippen LogP contribution is -2.74. The van der Waals surface area contributed by atoms with Crippen molar-refractivity contribution in [3.05, 3.63) is 138 Å². The van der Waals surface area contributed by atoms with Gasteiger partial charge in [-0.15, -0.1) is 0 Å². The van der Waals surface area contributed by atoms with Gasteiger partial charge in [0.15, 0.2) is 0 Å². The molecule has 68 heavy (non-hydrogen) atoms. The zero-order chi connectivity index (χ0) is 47.9. The first-order valence-corrected chi connectivity index (χ1v) is 24.9. The summed E-state index contributed by atoms with van der Waals surface area (Å²) in [5.41, 5.74) is 4.59. The van der Waals surface area contributed by atoms with Crippen LogP contribution in [0.2, 0.25) is 0 Å². The lowest BCUT2D eigenvalue weighted by molar-refractivity contribution is -1.09. The number of aliphatic hydroxyl groups is 1. The highest BCUT2D eigenvalue weighted by atomic mass is 32.2. The van der Waals surface area contributed by atoms with Crippen LogP contribution in [0.3, 0.4) is 0 Å². The number of benzene rings is 3. The number of alkyl carbamates (subject to hydrolysis) is 1. The molecule has 4 atom stereocenters. The second-order valence-electron chi connectivity index (χ2n) is 18.6. The molecule has 2 N–H and O–H groups in total. The highest BCUT2D eigenvalue weighted by Crippen LogP contribution is 2.52. The van der Waals surface area contributed by atoms with E-state index >= 15 is 0 Å². The number of nitro benzene ring substituents is 2. The number of fused-ring (bicyclic) bond motifs is 5. The Balaban J connectivity index is 0.823. The molecule has 5 aliphatic rings. The molecule has 0 spiro atoms. The van der Waals surface area contributed by atoms with Crippen LogP contribution in [0.1, 0.15) is 47.4 Å². The van der Waals surface area contributed by atoms with Gasteiger partial charge in [-0.05, 0) is 60.2 Å². The Morgan fingerprint density at radius 1 is 0.912 bits per heavy atom. The number of non-ortho nitro benzene ring substituents is 2. The quantitative estimate of drug-likeness (QED) is 0.0161. The van der Waals surface area contributed by atoms with Crippen molar-refractivity contribution in [1.29, 1.82) is 0 Å². The third-order valence-corrected chi connectivity index (χ3v) is 16.4. The first-order valence-electron chi connectivity index (χ1n) is 22.8. The molecule has 0 unspecified atom stereocenters. The van der Waals surface area contributed by atoms with Gasteiger partial charge in [-0.1, -0.05) is 48.2 Å². The maximum atomic E-state index is 13.9. The third-order valence-electron chi connectivity index (χ3n) is 14.4. The Hall–Kier alpha value is -6.19. The lowest BCUT2D eigenvalue weighted by Gasteiger charge is -2.55. The number of amides is 2. The molecule has 4 saturated heterocycles. The molecule has 3 aromatic carbocycles. The Morgan fingerprint density at radius 3 is 2.12 bits per heavy atom. The molecule has 5 aromatic rings. The summed E-state index contributed by atoms with van der Waals surface area (Å²) >= 11 is 3.20. The number of rotatable bonds is 18. The van der Waals surface area contributed by atoms with E-state index in [1.54, 1.807) is 42.2 Å². The van der Waals surface area contributed by atoms with E-state index in [4.69, 9.17) is 9.47 Å². The van der Waals surface area contributed by atoms with E-state index in [-0.39, 0.29) is 42.1 Å². The number of ether oxygens (including phenoxy) is 2. The summed E-state index contributed by atoms with van der Waals surface area (Å²) < 4.78 is 17.6. The van der Waals surface area contributed by atoms with Gasteiger partial charge in [-0.2, -0.15) is 4.40 Å². The summed E-state index contributed by atoms with van der Waals surface area (Å²) in [4.78, 5) is 64.1. The van der Waals surface area contributed by atoms with Crippen molar-refractivity contribution in [3.63, 3.8) is 0 Å². The van der Waals surface area contributed by atoms with Gasteiger partial charge >= 0.3 is 12.1 Å². The largest absolute Gasteiger partial charge is 0.456 e. The number of hydrogen-bond donors (Lipinski definition) is 2. The zero-order valence-corrected chi connectivity index (χ0v) is 39.8. The summed E-state index contributed by atoms with van der Waals surface area (Å²) in [7, 11) is 0. The number of aromatic nitrogens is 2. The first-order chi connectivity index (χ1) is 32.7. The van der Waals surface area contributed by atoms with E-state index < -0.39 is 40.0 Å². The van der Waals surface area contributed by atoms with E-state index in [0.717, 1.165) is 82.5 Å². The average Bonchev–Trinajstić information content (AvgIpc) is 3.96. The number of carbonyl (C=O) groups is 3. The second-order valence-corrected chi connectivity index (χ2v) is 20.4. The first kappa shape index (κ1) is 46.9. The zero-order valence-electron chi connectivity index (χ0n) is 38.2. The molecule has 0 radical (unpaired) electrons. The maximum absolute atomic E-state index is 13.9. The predicted molar refractivity (Wildman–Crippen MR) is 252 cm³/mol. The van der Waals surface area contributed by atoms with Gasteiger partial charge in [0.05, 0.1) is 39.3 Å². The molecule has 0 aliphatic carbocycles. The van der Waals surface area contributed by atoms with E-state index in [9.17, 15) is 39.7 Å². The van der Waals surface area contributed by atoms with Gasteiger partial charge in [0.25, 0.3) is 17.7 Å². The number of carbonyl (C=O) groups excluding carboxylic acids is 3. The van der Waals surface area contributed by atoms with Crippen molar-refractivity contribution in [2.24, 2.45) is 11.8 Å². The van der Waals surface area contributed by atoms with Gasteiger partial charge < -0.3 is 33.8 Å². The average molecular weight is 968 g/mol. The number of β-lactam (4-membered cyclic amide) rings is 1. The van der Waals surface area contributed by atoms with Gasteiger partial charge in [0, 0.05) is 54.3 Å². The molecule has 10 rings (SSSR count). The minimum Gasteiger partial charge on any atom is -0.456 e. The topological polar surface area (TPSA) is 200 Å². The van der Waals surface area contributed by atoms with Crippen LogP contribution in [0, 0.1) is 32.1 Å². The Kier molecular flexibility index (Phi) is 13.2. The van der Waals surface area contributed by atoms with Crippen molar-refractivity contribution in [2.75, 3.05) is 58.6 Å². The molecule has 18 nitrogen and oxygen atoms in total. The summed E-state index contributed by atoms with van der Waals surface area (Å²) in [6.45, 7) is 13.3. The van der Waals surface area contributed by atoms with Crippen LogP contribution in [0.5, 0.6) is 0 Å². The summed E-state index contributed by atoms with van der Waals surface area (Å²) in [5.74, 6) is -1.87. The van der Waals surface area contributed by atoms with Crippen molar-refractivity contribution in [3.8, 4) is 0 Å². The van der Waals surface area contributed by atoms with Crippen molar-refractivity contribution in [1.82, 2.24) is 14.6 Å². The SMILES string of the molecule is CSc1c2sc(C3=C(C(=O)OCc4ccc([N+](=O)[O-])cc4)N4C(=O)[C@H]([C@@H](C)O)[C@H]4[C@H]3C)cn2c[n+]1Cc1cccc(C[N+]23CC[N+](CCCNC(=O)OCc4ccc([N+](=O)[O-])cc4)(CC2)CC3)c1. The summed E-state index contributed by atoms with van der Waals surface area (Å²) in [6.07, 6.45) is 5.62. The van der Waals surface area contributed by atoms with Crippen LogP contribution >= 0.6 is 23.1 Å². The number of esters is 1. The van der Waals surface area contributed by atoms with Crippen LogP contribution < -0.4 is 9.88 Å². The number of hydrogen-bond acceptors (Lipinski definition) is 12. The van der Waals surface area contributed by atoms with E-state index in [2.05, 4.69) is 51.1 Å². The van der Waals surface area contributed by atoms with Crippen LogP contribution in [0.4, 0.5) is 16.2 Å². The van der Waals surface area contributed by atoms with E-state index in [1.807, 2.05) is 13.1 Å². The highest BCUT2D eigenvalue weighted by Gasteiger charge is 2.60. The molecule has 2 bridgehead atoms. The number of aliphatic hydroxyl groups excluding tert-OH is 1. The lowest BCUT2D eigenvalue weighted by atomic mass is 9.77. The fourth-order valence-electron chi connectivity index (χ4n) is 10.6. The second kappa shape index (κ2) is 19.1. The minimum absolute atomic E-state index is 0.00537. The number of quaternary nitrogens is 2. The molecule has 2 amide bonds. The van der Waals surface area contributed by atoms with Crippen LogP contribution in [0.25, 0.3) is 10.4 Å². The monoisotopic (exact) mass is 967 g/mol. The maximum Gasteiger partial charge on any atom is 0.407 e. The molecule has 2 aromatic heterocycles. The summed E-state index contributed by atoms with van der Waals surface area (Å²) in [6, 6.07) is 20.3. The number of piperazine rings is 3. The van der Waals surface area contributed by atoms with Crippen molar-refractivity contribution >= 4 is 62.8 Å². The standard InChI is InChI=1S/C48H54N8O10S2/c1-31-40(43(52-42(31)41(32(2)57)44(52)58)47(59)65-28-33-8-12-37(13-9-33)53(61)62)39-26-51-30-50(45(67-3)46(51)68-39)25-35-6-4-7-36(24-35)27-56-21-18-55(19-22-56,20-23-56)17-5-16-49-48(60)66-29-34-10-14-38(15-11-34)54(63)64/h4,6-15,24,26,30-32,41-42,57H,5,16-23,25,27-29H2,1-3H3/q+2/p+1/t31-,32+,41+,42+,55?,56?/m0/s1. The van der Waals surface area contributed by atoms with E-state index in [0.29, 0.717) is 29.8 Å². The predicted octanol–water partition coefficient (Wildman–Crippen LogP) is 5.66. The Labute approximate surface area is 400 Å². The minimum atomic E-state index is -0.886. The Bertz CT molecular complexity index is 2780. The van der Waals surface area contributed by atoms with Gasteiger partial charge in [0.2, 0.25) is 15.8 Å². The van der Waals surface area contributed by atoms with Gasteiger partial charge in [-0.3, -0.25) is 25.0 Å². The normalized spacial score (nSPS) is 23.3. The molecule has 4 fully saturated rings. The fraction of sp³-hybridized carbons (Fsp3) is 0.417. The number of thioether (sulfide) groups is 1. The number of imidazole rings is 1. The number of nitro groups is 2. The van der Waals surface area contributed by atoms with Crippen LogP contribution in [0.15, 0.2) is 96.0 Å². The molecule has 20 heteroatoms. The van der Waals surface area contributed by atoms with Crippen LogP contribution in [-0.4, -0.2) is 122 Å². The highest BCUT2D eigenvalue weighted by molar-refractivity contribution is 7.98. The molecule has 0 saturated carbocycles. The molecule has 356 valence electrons. The summed E-state index contributed by atoms with van der Waals surface area (Å²) in [5, 5.41) is 36.5. The number of nitrogens with one attached hydrogen (secondary N) is 1. The smallest absolute Gasteiger partial charge is 0.407 e. The number of nitrogens with zero attached hydrogens (tertiary/aromatic N) is 7. The van der Waals surface area contributed by atoms with Gasteiger partial charge in [0.1, 0.15) is 77.5 Å². The van der Waals surface area contributed by atoms with Gasteiger partial charge in [-0.25, -0.2) is 14.2 Å². The van der Waals surface area contributed by atoms with Crippen molar-refractivity contribution in [2.45, 2.75) is 63.7 Å².